The third-order valence-corrected chi connectivity index (χ3v) is 4.57. The summed E-state index contributed by atoms with van der Waals surface area (Å²) in [6.45, 7) is 1.80. The van der Waals surface area contributed by atoms with Gasteiger partial charge in [-0.2, -0.15) is 5.10 Å². The van der Waals surface area contributed by atoms with Gasteiger partial charge in [0.05, 0.1) is 23.0 Å². The number of nitrogens with one attached hydrogen (secondary N) is 1. The quantitative estimate of drug-likeness (QED) is 0.693. The fourth-order valence-electron chi connectivity index (χ4n) is 3.12. The number of carbonyl (C=O) groups excluding carboxylic acids is 3. The minimum atomic E-state index is -0.438. The van der Waals surface area contributed by atoms with Crippen LogP contribution in [-0.4, -0.2) is 38.9 Å². The van der Waals surface area contributed by atoms with E-state index >= 15 is 0 Å². The van der Waals surface area contributed by atoms with E-state index in [1.807, 2.05) is 43.5 Å². The van der Waals surface area contributed by atoms with E-state index in [4.69, 9.17) is 0 Å². The van der Waals surface area contributed by atoms with Gasteiger partial charge in [-0.1, -0.05) is 29.8 Å². The Balaban J connectivity index is 1.37. The highest BCUT2D eigenvalue weighted by molar-refractivity contribution is 6.22. The van der Waals surface area contributed by atoms with Crippen LogP contribution in [0.15, 0.2) is 60.9 Å². The number of rotatable bonds is 5. The highest BCUT2D eigenvalue weighted by Gasteiger charge is 2.36. The number of para-hydroxylation sites is 1. The Morgan fingerprint density at radius 2 is 1.79 bits per heavy atom. The van der Waals surface area contributed by atoms with Crippen molar-refractivity contribution >= 4 is 17.7 Å². The minimum absolute atomic E-state index is 0.258. The van der Waals surface area contributed by atoms with E-state index in [0.29, 0.717) is 11.1 Å². The van der Waals surface area contributed by atoms with Crippen molar-refractivity contribution in [2.24, 2.45) is 0 Å². The third-order valence-electron chi connectivity index (χ3n) is 4.57. The first-order valence-electron chi connectivity index (χ1n) is 8.85. The number of hydrogen-bond donors (Lipinski definition) is 1. The molecule has 1 N–H and O–H groups in total. The van der Waals surface area contributed by atoms with Crippen molar-refractivity contribution in [3.63, 3.8) is 0 Å². The summed E-state index contributed by atoms with van der Waals surface area (Å²) in [5.41, 5.74) is 3.31. The van der Waals surface area contributed by atoms with Crippen LogP contribution >= 0.6 is 0 Å². The molecule has 28 heavy (non-hydrogen) atoms. The highest BCUT2D eigenvalue weighted by Crippen LogP contribution is 2.23. The summed E-state index contributed by atoms with van der Waals surface area (Å²) in [6, 6.07) is 14.7. The maximum Gasteiger partial charge on any atom is 0.262 e. The second-order valence-corrected chi connectivity index (χ2v) is 6.65. The lowest BCUT2D eigenvalue weighted by Gasteiger charge is -2.13. The average Bonchev–Trinajstić information content (AvgIpc) is 3.27. The second-order valence-electron chi connectivity index (χ2n) is 6.65. The SMILES string of the molecule is Cc1ccc2c(c1)C(=O)N(CC(=O)NCc1cnn(-c3ccccc3)c1)C2=O. The van der Waals surface area contributed by atoms with Crippen molar-refractivity contribution in [3.05, 3.63) is 83.2 Å². The van der Waals surface area contributed by atoms with Crippen molar-refractivity contribution in [1.82, 2.24) is 20.0 Å². The lowest BCUT2D eigenvalue weighted by Crippen LogP contribution is -2.40. The van der Waals surface area contributed by atoms with Crippen molar-refractivity contribution < 1.29 is 14.4 Å². The predicted molar refractivity (Wildman–Crippen MR) is 102 cm³/mol. The first kappa shape index (κ1) is 17.7. The van der Waals surface area contributed by atoms with Crippen molar-refractivity contribution in [2.45, 2.75) is 13.5 Å². The van der Waals surface area contributed by atoms with Crippen LogP contribution in [0.5, 0.6) is 0 Å². The molecule has 0 atom stereocenters. The number of imide groups is 1. The second kappa shape index (κ2) is 7.11. The van der Waals surface area contributed by atoms with Crippen LogP contribution in [0.25, 0.3) is 5.69 Å². The van der Waals surface area contributed by atoms with Gasteiger partial charge in [0, 0.05) is 18.3 Å². The largest absolute Gasteiger partial charge is 0.350 e. The molecule has 2 heterocycles. The van der Waals surface area contributed by atoms with E-state index in [1.54, 1.807) is 29.1 Å². The van der Waals surface area contributed by atoms with Gasteiger partial charge in [-0.15, -0.1) is 0 Å². The first-order valence-corrected chi connectivity index (χ1v) is 8.85. The van der Waals surface area contributed by atoms with Gasteiger partial charge < -0.3 is 5.32 Å². The molecule has 0 aliphatic carbocycles. The molecule has 0 spiro atoms. The fourth-order valence-corrected chi connectivity index (χ4v) is 3.12. The Kier molecular flexibility index (Phi) is 4.49. The molecule has 7 nitrogen and oxygen atoms in total. The molecule has 0 bridgehead atoms. The predicted octanol–water partition coefficient (Wildman–Crippen LogP) is 2.09. The zero-order chi connectivity index (χ0) is 19.7. The Hall–Kier alpha value is -3.74. The lowest BCUT2D eigenvalue weighted by atomic mass is 10.1. The molecule has 1 aromatic heterocycles. The zero-order valence-corrected chi connectivity index (χ0v) is 15.3. The van der Waals surface area contributed by atoms with Gasteiger partial charge in [0.1, 0.15) is 6.54 Å². The molecule has 3 amide bonds. The first-order chi connectivity index (χ1) is 13.5. The molecule has 7 heteroatoms. The molecule has 0 saturated carbocycles. The molecule has 140 valence electrons. The number of benzene rings is 2. The molecular formula is C21H18N4O3. The van der Waals surface area contributed by atoms with Gasteiger partial charge in [-0.25, -0.2) is 4.68 Å². The Bertz CT molecular complexity index is 1070. The number of aromatic nitrogens is 2. The van der Waals surface area contributed by atoms with E-state index in [1.165, 1.54) is 0 Å². The molecule has 0 unspecified atom stereocenters. The van der Waals surface area contributed by atoms with E-state index in [2.05, 4.69) is 10.4 Å². The van der Waals surface area contributed by atoms with Crippen LogP contribution in [0, 0.1) is 6.92 Å². The van der Waals surface area contributed by atoms with E-state index in [9.17, 15) is 14.4 Å². The lowest BCUT2D eigenvalue weighted by molar-refractivity contribution is -0.121. The van der Waals surface area contributed by atoms with E-state index in [-0.39, 0.29) is 13.1 Å². The van der Waals surface area contributed by atoms with Crippen molar-refractivity contribution in [3.8, 4) is 5.69 Å². The molecular weight excluding hydrogens is 356 g/mol. The van der Waals surface area contributed by atoms with Gasteiger partial charge in [0.15, 0.2) is 0 Å². The van der Waals surface area contributed by atoms with Crippen LogP contribution in [-0.2, 0) is 11.3 Å². The summed E-state index contributed by atoms with van der Waals surface area (Å²) < 4.78 is 1.72. The van der Waals surface area contributed by atoms with Crippen LogP contribution in [0.3, 0.4) is 0 Å². The smallest absolute Gasteiger partial charge is 0.262 e. The third kappa shape index (κ3) is 3.29. The minimum Gasteiger partial charge on any atom is -0.350 e. The van der Waals surface area contributed by atoms with Gasteiger partial charge in [-0.05, 0) is 31.2 Å². The highest BCUT2D eigenvalue weighted by atomic mass is 16.2. The Labute approximate surface area is 161 Å². The number of fused-ring (bicyclic) bond motifs is 1. The summed E-state index contributed by atoms with van der Waals surface area (Å²) in [7, 11) is 0. The maximum atomic E-state index is 12.4. The maximum absolute atomic E-state index is 12.4. The van der Waals surface area contributed by atoms with Crippen LogP contribution < -0.4 is 5.32 Å². The van der Waals surface area contributed by atoms with Gasteiger partial charge in [0.25, 0.3) is 11.8 Å². The molecule has 0 fully saturated rings. The number of carbonyl (C=O) groups is 3. The summed E-state index contributed by atoms with van der Waals surface area (Å²) in [6.07, 6.45) is 3.48. The molecule has 4 rings (SSSR count). The topological polar surface area (TPSA) is 84.3 Å². The molecule has 0 radical (unpaired) electrons. The normalized spacial score (nSPS) is 13.0. The number of hydrogen-bond acceptors (Lipinski definition) is 4. The molecule has 2 aromatic carbocycles. The van der Waals surface area contributed by atoms with E-state index in [0.717, 1.165) is 21.7 Å². The van der Waals surface area contributed by atoms with Crippen LogP contribution in [0.2, 0.25) is 0 Å². The molecule has 1 aliphatic heterocycles. The Morgan fingerprint density at radius 3 is 2.57 bits per heavy atom. The van der Waals surface area contributed by atoms with Gasteiger partial charge >= 0.3 is 0 Å². The van der Waals surface area contributed by atoms with Crippen LogP contribution in [0.4, 0.5) is 0 Å². The van der Waals surface area contributed by atoms with Crippen LogP contribution in [0.1, 0.15) is 31.8 Å². The number of amides is 3. The average molecular weight is 374 g/mol. The van der Waals surface area contributed by atoms with Gasteiger partial charge in [-0.3, -0.25) is 19.3 Å². The standard InChI is InChI=1S/C21H18N4O3/c1-14-7-8-17-18(9-14)21(28)24(20(17)27)13-19(26)22-10-15-11-23-25(12-15)16-5-3-2-4-6-16/h2-9,11-12H,10,13H2,1H3,(H,22,26). The number of nitrogens with zero attached hydrogens (tertiary/aromatic N) is 3. The fraction of sp³-hybridized carbons (Fsp3) is 0.143. The van der Waals surface area contributed by atoms with Gasteiger partial charge in [0.2, 0.25) is 5.91 Å². The Morgan fingerprint density at radius 1 is 1.04 bits per heavy atom. The summed E-state index contributed by atoms with van der Waals surface area (Å²) >= 11 is 0. The molecule has 1 aliphatic rings. The summed E-state index contributed by atoms with van der Waals surface area (Å²) in [4.78, 5) is 38.1. The summed E-state index contributed by atoms with van der Waals surface area (Å²) in [5.74, 6) is -1.28. The number of aryl methyl sites for hydroxylation is 1. The monoisotopic (exact) mass is 374 g/mol. The van der Waals surface area contributed by atoms with E-state index < -0.39 is 17.7 Å². The van der Waals surface area contributed by atoms with Crippen molar-refractivity contribution in [1.29, 1.82) is 0 Å². The molecule has 0 saturated heterocycles. The summed E-state index contributed by atoms with van der Waals surface area (Å²) in [5, 5.41) is 7.01. The zero-order valence-electron chi connectivity index (χ0n) is 15.3. The van der Waals surface area contributed by atoms with Crippen molar-refractivity contribution in [2.75, 3.05) is 6.54 Å². The molecule has 3 aromatic rings.